The zero-order chi connectivity index (χ0) is 31.0. The lowest BCUT2D eigenvalue weighted by atomic mass is 9.79. The molecule has 0 amide bonds. The average Bonchev–Trinajstić information content (AvgIpc) is 3.71. The molecule has 47 heavy (non-hydrogen) atoms. The minimum Gasteiger partial charge on any atom is -0.0619 e. The molecule has 0 radical (unpaired) electrons. The zero-order valence-corrected chi connectivity index (χ0v) is 26.4. The molecule has 11 rings (SSSR count). The highest BCUT2D eigenvalue weighted by molar-refractivity contribution is 6.21. The Morgan fingerprint density at radius 2 is 0.766 bits per heavy atom. The summed E-state index contributed by atoms with van der Waals surface area (Å²) in [5.74, 6) is 0. The molecule has 0 heterocycles. The lowest BCUT2D eigenvalue weighted by molar-refractivity contribution is 0.661. The van der Waals surface area contributed by atoms with Crippen LogP contribution in [0.15, 0.2) is 146 Å². The van der Waals surface area contributed by atoms with Crippen molar-refractivity contribution in [2.45, 2.75) is 19.3 Å². The van der Waals surface area contributed by atoms with Crippen molar-refractivity contribution in [2.24, 2.45) is 0 Å². The first-order chi connectivity index (χ1) is 23.1. The smallest absolute Gasteiger partial charge is 0.0159 e. The first kappa shape index (κ1) is 25.5. The van der Waals surface area contributed by atoms with Gasteiger partial charge in [0.05, 0.1) is 0 Å². The molecule has 0 fully saturated rings. The minimum absolute atomic E-state index is 0.118. The van der Waals surface area contributed by atoms with Crippen LogP contribution in [0.2, 0.25) is 0 Å². The largest absolute Gasteiger partial charge is 0.0619 e. The Hall–Kier alpha value is -5.72. The summed E-state index contributed by atoms with van der Waals surface area (Å²) >= 11 is 0. The van der Waals surface area contributed by atoms with Gasteiger partial charge in [0, 0.05) is 5.41 Å². The van der Waals surface area contributed by atoms with Crippen molar-refractivity contribution in [2.75, 3.05) is 0 Å². The number of fused-ring (bicyclic) bond motifs is 9. The highest BCUT2D eigenvalue weighted by atomic mass is 14.4. The lowest BCUT2D eigenvalue weighted by Gasteiger charge is -2.23. The molecule has 0 aromatic heterocycles. The molecule has 0 atom stereocenters. The van der Waals surface area contributed by atoms with Crippen molar-refractivity contribution in [1.29, 1.82) is 0 Å². The molecule has 0 saturated carbocycles. The molecule has 3 aliphatic rings. The molecule has 218 valence electrons. The van der Waals surface area contributed by atoms with Crippen LogP contribution in [-0.2, 0) is 5.41 Å². The van der Waals surface area contributed by atoms with E-state index in [-0.39, 0.29) is 5.41 Å². The predicted molar refractivity (Wildman–Crippen MR) is 199 cm³/mol. The summed E-state index contributed by atoms with van der Waals surface area (Å²) in [6.07, 6.45) is 0. The molecule has 0 nitrogen and oxygen atoms in total. The third-order valence-corrected chi connectivity index (χ3v) is 11.4. The summed E-state index contributed by atoms with van der Waals surface area (Å²) in [6.45, 7) is 4.80. The van der Waals surface area contributed by atoms with Gasteiger partial charge in [0.15, 0.2) is 0 Å². The highest BCUT2D eigenvalue weighted by Gasteiger charge is 2.38. The molecule has 0 heteroatoms. The van der Waals surface area contributed by atoms with Crippen LogP contribution in [0.1, 0.15) is 25.0 Å². The van der Waals surface area contributed by atoms with Crippen molar-refractivity contribution in [3.63, 3.8) is 0 Å². The third-order valence-electron chi connectivity index (χ3n) is 11.4. The van der Waals surface area contributed by atoms with Crippen LogP contribution in [0.5, 0.6) is 0 Å². The molecule has 0 bridgehead atoms. The number of benzene rings is 8. The fourth-order valence-corrected chi connectivity index (χ4v) is 9.29. The molecule has 0 N–H and O–H groups in total. The lowest BCUT2D eigenvalue weighted by Crippen LogP contribution is -2.15. The average molecular weight is 595 g/mol. The summed E-state index contributed by atoms with van der Waals surface area (Å²) < 4.78 is 0. The molecular weight excluding hydrogens is 565 g/mol. The molecule has 8 aromatic rings. The Bertz CT molecular complexity index is 2640. The van der Waals surface area contributed by atoms with Gasteiger partial charge in [-0.2, -0.15) is 0 Å². The van der Waals surface area contributed by atoms with Gasteiger partial charge >= 0.3 is 0 Å². The number of rotatable bonds is 2. The summed E-state index contributed by atoms with van der Waals surface area (Å²) in [5, 5.41) is 5.40. The Labute approximate surface area is 274 Å². The van der Waals surface area contributed by atoms with E-state index in [1.165, 1.54) is 111 Å². The minimum atomic E-state index is -0.118. The van der Waals surface area contributed by atoms with E-state index in [1.807, 2.05) is 0 Å². The van der Waals surface area contributed by atoms with Gasteiger partial charge in [0.1, 0.15) is 0 Å². The van der Waals surface area contributed by atoms with Gasteiger partial charge < -0.3 is 0 Å². The first-order valence-corrected chi connectivity index (χ1v) is 16.7. The predicted octanol–water partition coefficient (Wildman–Crippen LogP) is 12.9. The van der Waals surface area contributed by atoms with E-state index in [9.17, 15) is 0 Å². The van der Waals surface area contributed by atoms with Gasteiger partial charge in [-0.25, -0.2) is 0 Å². The van der Waals surface area contributed by atoms with Crippen LogP contribution in [0.4, 0.5) is 0 Å². The Morgan fingerprint density at radius 1 is 0.319 bits per heavy atom. The van der Waals surface area contributed by atoms with E-state index < -0.39 is 0 Å². The van der Waals surface area contributed by atoms with Gasteiger partial charge in [0.25, 0.3) is 0 Å². The quantitative estimate of drug-likeness (QED) is 0.187. The molecular formula is C47H30. The number of hydrogen-bond donors (Lipinski definition) is 0. The molecule has 0 unspecified atom stereocenters. The van der Waals surface area contributed by atoms with Gasteiger partial charge in [-0.1, -0.05) is 147 Å². The first-order valence-electron chi connectivity index (χ1n) is 16.7. The van der Waals surface area contributed by atoms with Crippen molar-refractivity contribution in [3.05, 3.63) is 157 Å². The maximum Gasteiger partial charge on any atom is 0.0159 e. The van der Waals surface area contributed by atoms with Gasteiger partial charge in [-0.05, 0) is 123 Å². The Balaban J connectivity index is 1.24. The van der Waals surface area contributed by atoms with Crippen LogP contribution >= 0.6 is 0 Å². The van der Waals surface area contributed by atoms with E-state index in [0.29, 0.717) is 0 Å². The van der Waals surface area contributed by atoms with Gasteiger partial charge in [-0.3, -0.25) is 0 Å². The van der Waals surface area contributed by atoms with Crippen molar-refractivity contribution < 1.29 is 0 Å². The molecule has 3 aliphatic carbocycles. The van der Waals surface area contributed by atoms with E-state index in [1.54, 1.807) is 0 Å². The van der Waals surface area contributed by atoms with Gasteiger partial charge in [-0.15, -0.1) is 0 Å². The molecule has 0 spiro atoms. The Morgan fingerprint density at radius 3 is 1.36 bits per heavy atom. The van der Waals surface area contributed by atoms with Crippen LogP contribution in [0.25, 0.3) is 99.4 Å². The van der Waals surface area contributed by atoms with E-state index in [4.69, 9.17) is 0 Å². The standard InChI is InChI=1S/C47H30/c1-47(2)42-20-8-7-15-40(42)46-41(33-22-24-39-32-14-6-4-12-30(32)36-18-10-19-37(33)45(36)39)25-27(26-43(46)47)28-21-23-38-31-13-5-3-11-29(31)35-17-9-16-34(28)44(35)38/h3-26H,1-2H3. The van der Waals surface area contributed by atoms with Crippen LogP contribution in [0, 0.1) is 0 Å². The van der Waals surface area contributed by atoms with Crippen molar-refractivity contribution in [1.82, 2.24) is 0 Å². The molecule has 8 aromatic carbocycles. The third kappa shape index (κ3) is 3.13. The number of hydrogen-bond acceptors (Lipinski definition) is 0. The Kier molecular flexibility index (Phi) is 4.74. The van der Waals surface area contributed by atoms with E-state index in [2.05, 4.69) is 159 Å². The summed E-state index contributed by atoms with van der Waals surface area (Å²) in [5.41, 5.74) is 21.4. The maximum atomic E-state index is 2.50. The fourth-order valence-electron chi connectivity index (χ4n) is 9.29. The SMILES string of the molecule is CC1(C)c2ccccc2-c2c(-c3ccc4c5c(cccc35)-c3ccccc3-4)cc(-c3ccc4c5c(cccc35)-c3ccccc3-4)cc21. The zero-order valence-electron chi connectivity index (χ0n) is 26.4. The van der Waals surface area contributed by atoms with Crippen molar-refractivity contribution in [3.8, 4) is 77.9 Å². The summed E-state index contributed by atoms with van der Waals surface area (Å²) in [7, 11) is 0. The van der Waals surface area contributed by atoms with E-state index in [0.717, 1.165) is 0 Å². The van der Waals surface area contributed by atoms with Crippen LogP contribution in [0.3, 0.4) is 0 Å². The maximum absolute atomic E-state index is 2.50. The van der Waals surface area contributed by atoms with Crippen molar-refractivity contribution >= 4 is 21.5 Å². The molecule has 0 aliphatic heterocycles. The highest BCUT2D eigenvalue weighted by Crippen LogP contribution is 2.57. The fraction of sp³-hybridized carbons (Fsp3) is 0.0638. The van der Waals surface area contributed by atoms with Gasteiger partial charge in [0.2, 0.25) is 0 Å². The van der Waals surface area contributed by atoms with Crippen LogP contribution in [-0.4, -0.2) is 0 Å². The second-order valence-corrected chi connectivity index (χ2v) is 14.0. The normalized spacial score (nSPS) is 13.9. The topological polar surface area (TPSA) is 0 Å². The second-order valence-electron chi connectivity index (χ2n) is 14.0. The van der Waals surface area contributed by atoms with Crippen LogP contribution < -0.4 is 0 Å². The summed E-state index contributed by atoms with van der Waals surface area (Å²) in [6, 6.07) is 55.0. The summed E-state index contributed by atoms with van der Waals surface area (Å²) in [4.78, 5) is 0. The molecule has 0 saturated heterocycles. The van der Waals surface area contributed by atoms with E-state index >= 15 is 0 Å². The second kappa shape index (κ2) is 8.75. The monoisotopic (exact) mass is 594 g/mol.